The van der Waals surface area contributed by atoms with Crippen LogP contribution in [0.25, 0.3) is 0 Å². The fourth-order valence-corrected chi connectivity index (χ4v) is 1.93. The van der Waals surface area contributed by atoms with Crippen LogP contribution in [0.4, 0.5) is 0 Å². The molecule has 0 fully saturated rings. The highest BCUT2D eigenvalue weighted by Crippen LogP contribution is 2.36. The van der Waals surface area contributed by atoms with Gasteiger partial charge in [-0.25, -0.2) is 0 Å². The van der Waals surface area contributed by atoms with E-state index >= 15 is 0 Å². The van der Waals surface area contributed by atoms with Gasteiger partial charge in [-0.15, -0.1) is 0 Å². The van der Waals surface area contributed by atoms with E-state index in [9.17, 15) is 14.4 Å². The molecule has 0 aliphatic carbocycles. The number of Topliss-reactive ketones (excluding diaryl/α,β-unsaturated/α-hetero) is 1. The van der Waals surface area contributed by atoms with Crippen LogP contribution in [0.2, 0.25) is 0 Å². The molecule has 0 saturated carbocycles. The zero-order valence-electron chi connectivity index (χ0n) is 9.84. The molecule has 0 aromatic heterocycles. The molecule has 5 nitrogen and oxygen atoms in total. The van der Waals surface area contributed by atoms with E-state index in [0.717, 1.165) is 0 Å². The highest BCUT2D eigenvalue weighted by Gasteiger charge is 2.52. The summed E-state index contributed by atoms with van der Waals surface area (Å²) in [5, 5.41) is 2.50. The number of amides is 1. The smallest absolute Gasteiger partial charge is 0.326 e. The van der Waals surface area contributed by atoms with Crippen LogP contribution < -0.4 is 5.32 Å². The standard InChI is InChI=1S/C11H15NO4/c1-5-16-10(15)11(4)8(7(3)13)6(2)12-9(11)14/h5H2,1-4H3,(H,12,14). The number of allylic oxidation sites excluding steroid dienone is 1. The summed E-state index contributed by atoms with van der Waals surface area (Å²) in [6, 6.07) is 0. The summed E-state index contributed by atoms with van der Waals surface area (Å²) in [6.07, 6.45) is 0. The molecule has 88 valence electrons. The summed E-state index contributed by atoms with van der Waals surface area (Å²) >= 11 is 0. The minimum atomic E-state index is -1.51. The second-order valence-electron chi connectivity index (χ2n) is 3.86. The number of carbonyl (C=O) groups is 3. The van der Waals surface area contributed by atoms with Crippen LogP contribution in [0.3, 0.4) is 0 Å². The number of rotatable bonds is 3. The maximum Gasteiger partial charge on any atom is 0.326 e. The van der Waals surface area contributed by atoms with E-state index in [1.165, 1.54) is 13.8 Å². The Labute approximate surface area is 93.8 Å². The van der Waals surface area contributed by atoms with Gasteiger partial charge in [0.15, 0.2) is 11.2 Å². The number of hydrogen-bond donors (Lipinski definition) is 1. The maximum atomic E-state index is 11.8. The predicted molar refractivity (Wildman–Crippen MR) is 56.3 cm³/mol. The first kappa shape index (κ1) is 12.4. The normalized spacial score (nSPS) is 24.4. The third kappa shape index (κ3) is 1.62. The lowest BCUT2D eigenvalue weighted by Crippen LogP contribution is -2.41. The van der Waals surface area contributed by atoms with E-state index in [1.54, 1.807) is 13.8 Å². The topological polar surface area (TPSA) is 72.5 Å². The zero-order chi connectivity index (χ0) is 12.5. The number of esters is 1. The molecule has 0 aromatic carbocycles. The van der Waals surface area contributed by atoms with Crippen molar-refractivity contribution in [3.63, 3.8) is 0 Å². The first-order valence-corrected chi connectivity index (χ1v) is 5.06. The van der Waals surface area contributed by atoms with Crippen LogP contribution in [0.1, 0.15) is 27.7 Å². The Balaban J connectivity index is 3.23. The van der Waals surface area contributed by atoms with E-state index < -0.39 is 17.3 Å². The lowest BCUT2D eigenvalue weighted by Gasteiger charge is -2.21. The van der Waals surface area contributed by atoms with Gasteiger partial charge in [-0.2, -0.15) is 0 Å². The zero-order valence-corrected chi connectivity index (χ0v) is 9.84. The molecule has 1 atom stereocenters. The van der Waals surface area contributed by atoms with Crippen molar-refractivity contribution in [1.29, 1.82) is 0 Å². The Morgan fingerprint density at radius 2 is 2.00 bits per heavy atom. The molecule has 0 bridgehead atoms. The molecular weight excluding hydrogens is 210 g/mol. The van der Waals surface area contributed by atoms with Gasteiger partial charge in [0.05, 0.1) is 6.61 Å². The summed E-state index contributed by atoms with van der Waals surface area (Å²) in [6.45, 7) is 6.16. The molecular formula is C11H15NO4. The molecule has 1 amide bonds. The van der Waals surface area contributed by atoms with Crippen LogP contribution >= 0.6 is 0 Å². The van der Waals surface area contributed by atoms with Gasteiger partial charge >= 0.3 is 5.97 Å². The Hall–Kier alpha value is -1.65. The maximum absolute atomic E-state index is 11.8. The van der Waals surface area contributed by atoms with Crippen molar-refractivity contribution in [2.45, 2.75) is 27.7 Å². The number of hydrogen-bond acceptors (Lipinski definition) is 4. The van der Waals surface area contributed by atoms with Crippen LogP contribution in [-0.4, -0.2) is 24.3 Å². The SMILES string of the molecule is CCOC(=O)C1(C)C(=O)NC(C)=C1C(C)=O. The molecule has 0 radical (unpaired) electrons. The Morgan fingerprint density at radius 1 is 1.44 bits per heavy atom. The van der Waals surface area contributed by atoms with Crippen LogP contribution in [0.15, 0.2) is 11.3 Å². The molecule has 0 aromatic rings. The average Bonchev–Trinajstić information content (AvgIpc) is 2.38. The van der Waals surface area contributed by atoms with Crippen molar-refractivity contribution >= 4 is 17.7 Å². The Bertz CT molecular complexity index is 397. The minimum Gasteiger partial charge on any atom is -0.465 e. The van der Waals surface area contributed by atoms with Gasteiger partial charge in [-0.05, 0) is 27.7 Å². The Morgan fingerprint density at radius 3 is 2.44 bits per heavy atom. The van der Waals surface area contributed by atoms with E-state index in [1.807, 2.05) is 0 Å². The molecule has 1 N–H and O–H groups in total. The molecule has 5 heteroatoms. The van der Waals surface area contributed by atoms with Crippen molar-refractivity contribution in [2.75, 3.05) is 6.61 Å². The van der Waals surface area contributed by atoms with Gasteiger partial charge in [-0.1, -0.05) is 0 Å². The van der Waals surface area contributed by atoms with Crippen molar-refractivity contribution in [2.24, 2.45) is 5.41 Å². The summed E-state index contributed by atoms with van der Waals surface area (Å²) in [7, 11) is 0. The summed E-state index contributed by atoms with van der Waals surface area (Å²) in [4.78, 5) is 35.0. The molecule has 1 unspecified atom stereocenters. The van der Waals surface area contributed by atoms with Crippen molar-refractivity contribution in [3.05, 3.63) is 11.3 Å². The third-order valence-corrected chi connectivity index (χ3v) is 2.67. The van der Waals surface area contributed by atoms with E-state index in [2.05, 4.69) is 5.32 Å². The van der Waals surface area contributed by atoms with Gasteiger partial charge in [0.2, 0.25) is 5.91 Å². The molecule has 1 aliphatic heterocycles. The van der Waals surface area contributed by atoms with Gasteiger partial charge in [0.25, 0.3) is 0 Å². The second kappa shape index (κ2) is 4.08. The van der Waals surface area contributed by atoms with Gasteiger partial charge in [0.1, 0.15) is 0 Å². The summed E-state index contributed by atoms with van der Waals surface area (Å²) < 4.78 is 4.84. The molecule has 0 saturated heterocycles. The largest absolute Gasteiger partial charge is 0.465 e. The first-order valence-electron chi connectivity index (χ1n) is 5.06. The Kier molecular flexibility index (Phi) is 3.16. The van der Waals surface area contributed by atoms with Gasteiger partial charge in [-0.3, -0.25) is 14.4 Å². The number of ketones is 1. The third-order valence-electron chi connectivity index (χ3n) is 2.67. The number of carbonyl (C=O) groups excluding carboxylic acids is 3. The number of ether oxygens (including phenoxy) is 1. The molecule has 1 heterocycles. The minimum absolute atomic E-state index is 0.173. The quantitative estimate of drug-likeness (QED) is 0.562. The van der Waals surface area contributed by atoms with Crippen LogP contribution in [0, 0.1) is 5.41 Å². The average molecular weight is 225 g/mol. The molecule has 1 aliphatic rings. The van der Waals surface area contributed by atoms with Crippen LogP contribution in [-0.2, 0) is 19.1 Å². The van der Waals surface area contributed by atoms with Gasteiger partial charge < -0.3 is 10.1 Å². The van der Waals surface area contributed by atoms with E-state index in [0.29, 0.717) is 5.70 Å². The first-order chi connectivity index (χ1) is 7.35. The molecule has 16 heavy (non-hydrogen) atoms. The van der Waals surface area contributed by atoms with Crippen LogP contribution in [0.5, 0.6) is 0 Å². The predicted octanol–water partition coefficient (Wildman–Crippen LogP) is 0.549. The second-order valence-corrected chi connectivity index (χ2v) is 3.86. The van der Waals surface area contributed by atoms with Crippen molar-refractivity contribution < 1.29 is 19.1 Å². The highest BCUT2D eigenvalue weighted by atomic mass is 16.5. The highest BCUT2D eigenvalue weighted by molar-refractivity contribution is 6.17. The lowest BCUT2D eigenvalue weighted by atomic mass is 9.81. The fraction of sp³-hybridized carbons (Fsp3) is 0.545. The lowest BCUT2D eigenvalue weighted by molar-refractivity contribution is -0.156. The number of nitrogens with one attached hydrogen (secondary N) is 1. The van der Waals surface area contributed by atoms with E-state index in [-0.39, 0.29) is 18.0 Å². The van der Waals surface area contributed by atoms with Gasteiger partial charge in [0, 0.05) is 11.3 Å². The summed E-state index contributed by atoms with van der Waals surface area (Å²) in [5.74, 6) is -1.49. The van der Waals surface area contributed by atoms with Crippen molar-refractivity contribution in [3.8, 4) is 0 Å². The molecule has 1 rings (SSSR count). The monoisotopic (exact) mass is 225 g/mol. The summed E-state index contributed by atoms with van der Waals surface area (Å²) in [5.41, 5.74) is -0.893. The van der Waals surface area contributed by atoms with Crippen molar-refractivity contribution in [1.82, 2.24) is 5.32 Å². The van der Waals surface area contributed by atoms with E-state index in [4.69, 9.17) is 4.74 Å². The molecule has 0 spiro atoms. The fourth-order valence-electron chi connectivity index (χ4n) is 1.93.